The molecule has 148 valence electrons. The molecule has 2 aromatic rings. The Bertz CT molecular complexity index is 829. The highest BCUT2D eigenvalue weighted by Crippen LogP contribution is 2.19. The lowest BCUT2D eigenvalue weighted by molar-refractivity contribution is -0.128. The Morgan fingerprint density at radius 2 is 1.96 bits per heavy atom. The molecule has 1 fully saturated rings. The number of hydrogen-bond acceptors (Lipinski definition) is 3. The predicted molar refractivity (Wildman–Crippen MR) is 107 cm³/mol. The molecule has 5 nitrogen and oxygen atoms in total. The first-order valence-electron chi connectivity index (χ1n) is 9.29. The normalized spacial score (nSPS) is 17.1. The maximum Gasteiger partial charge on any atom is 0.243 e. The molecule has 1 aliphatic rings. The number of benzene rings is 2. The van der Waals surface area contributed by atoms with Crippen LogP contribution in [0.4, 0.5) is 10.1 Å². The number of anilines is 1. The fraction of sp³-hybridized carbons (Fsp3) is 0.333. The molecule has 1 aliphatic heterocycles. The first-order valence-corrected chi connectivity index (χ1v) is 9.67. The molecule has 7 heteroatoms. The minimum Gasteiger partial charge on any atom is -0.347 e. The molecule has 0 spiro atoms. The number of carbonyl (C=O) groups is 2. The van der Waals surface area contributed by atoms with Gasteiger partial charge in [0.05, 0.1) is 12.5 Å². The molecule has 1 heterocycles. The highest BCUT2D eigenvalue weighted by atomic mass is 35.5. The molecule has 0 aromatic heterocycles. The van der Waals surface area contributed by atoms with Gasteiger partial charge in [-0.05, 0) is 61.3 Å². The second-order valence-electron chi connectivity index (χ2n) is 6.98. The first-order chi connectivity index (χ1) is 13.5. The molecular formula is C21H23ClFN3O2. The van der Waals surface area contributed by atoms with E-state index in [1.807, 2.05) is 6.07 Å². The molecule has 2 N–H and O–H groups in total. The lowest BCUT2D eigenvalue weighted by Gasteiger charge is -2.32. The lowest BCUT2D eigenvalue weighted by atomic mass is 9.96. The van der Waals surface area contributed by atoms with E-state index >= 15 is 0 Å². The van der Waals surface area contributed by atoms with E-state index in [-0.39, 0.29) is 30.1 Å². The van der Waals surface area contributed by atoms with Crippen LogP contribution in [0.15, 0.2) is 48.5 Å². The van der Waals surface area contributed by atoms with Crippen LogP contribution in [0.1, 0.15) is 18.4 Å². The van der Waals surface area contributed by atoms with E-state index in [9.17, 15) is 14.0 Å². The van der Waals surface area contributed by atoms with E-state index in [0.29, 0.717) is 23.8 Å². The Balaban J connectivity index is 1.45. The van der Waals surface area contributed by atoms with Gasteiger partial charge in [-0.2, -0.15) is 0 Å². The van der Waals surface area contributed by atoms with Gasteiger partial charge in [0.25, 0.3) is 0 Å². The van der Waals surface area contributed by atoms with Crippen molar-refractivity contribution in [2.75, 3.05) is 25.0 Å². The van der Waals surface area contributed by atoms with Gasteiger partial charge in [-0.25, -0.2) is 4.39 Å². The number of rotatable bonds is 6. The zero-order chi connectivity index (χ0) is 19.9. The third kappa shape index (κ3) is 6.04. The number of hydrogen-bond donors (Lipinski definition) is 2. The van der Waals surface area contributed by atoms with Crippen LogP contribution < -0.4 is 10.6 Å². The number of nitrogens with one attached hydrogen (secondary N) is 2. The number of likely N-dealkylation sites (tertiary alicyclic amines) is 1. The minimum absolute atomic E-state index is 0.0815. The van der Waals surface area contributed by atoms with Gasteiger partial charge >= 0.3 is 0 Å². The van der Waals surface area contributed by atoms with Gasteiger partial charge in [-0.15, -0.1) is 0 Å². The molecule has 1 saturated heterocycles. The highest BCUT2D eigenvalue weighted by Gasteiger charge is 2.26. The highest BCUT2D eigenvalue weighted by molar-refractivity contribution is 6.30. The van der Waals surface area contributed by atoms with Crippen molar-refractivity contribution < 1.29 is 14.0 Å². The standard InChI is InChI=1S/C21H23ClFN3O2/c22-17-6-8-19(9-7-17)25-20(27)12-24-21(28)16-4-2-10-26(14-16)13-15-3-1-5-18(23)11-15/h1,3,5-9,11,16H,2,4,10,12-14H2,(H,24,28)(H,25,27). The Morgan fingerprint density at radius 1 is 1.18 bits per heavy atom. The summed E-state index contributed by atoms with van der Waals surface area (Å²) in [6, 6.07) is 13.3. The Morgan fingerprint density at radius 3 is 2.71 bits per heavy atom. The van der Waals surface area contributed by atoms with Crippen LogP contribution in [-0.4, -0.2) is 36.3 Å². The van der Waals surface area contributed by atoms with Crippen molar-refractivity contribution in [2.24, 2.45) is 5.92 Å². The van der Waals surface area contributed by atoms with Crippen LogP contribution in [0, 0.1) is 11.7 Å². The molecule has 1 unspecified atom stereocenters. The fourth-order valence-electron chi connectivity index (χ4n) is 3.36. The van der Waals surface area contributed by atoms with E-state index in [2.05, 4.69) is 15.5 Å². The molecular weight excluding hydrogens is 381 g/mol. The molecule has 0 aliphatic carbocycles. The third-order valence-corrected chi connectivity index (χ3v) is 4.97. The summed E-state index contributed by atoms with van der Waals surface area (Å²) in [5.74, 6) is -0.848. The van der Waals surface area contributed by atoms with E-state index in [1.54, 1.807) is 30.3 Å². The lowest BCUT2D eigenvalue weighted by Crippen LogP contribution is -2.44. The van der Waals surface area contributed by atoms with Gasteiger partial charge in [-0.1, -0.05) is 23.7 Å². The Kier molecular flexibility index (Phi) is 7.01. The third-order valence-electron chi connectivity index (χ3n) is 4.72. The first kappa shape index (κ1) is 20.3. The van der Waals surface area contributed by atoms with Gasteiger partial charge in [-0.3, -0.25) is 14.5 Å². The monoisotopic (exact) mass is 403 g/mol. The Hall–Kier alpha value is -2.44. The SMILES string of the molecule is O=C(CNC(=O)C1CCCN(Cc2cccc(F)c2)C1)Nc1ccc(Cl)cc1. The smallest absolute Gasteiger partial charge is 0.243 e. The van der Waals surface area contributed by atoms with Gasteiger partial charge < -0.3 is 10.6 Å². The summed E-state index contributed by atoms with van der Waals surface area (Å²) in [5, 5.41) is 6.02. The van der Waals surface area contributed by atoms with E-state index < -0.39 is 0 Å². The summed E-state index contributed by atoms with van der Waals surface area (Å²) in [4.78, 5) is 26.6. The van der Waals surface area contributed by atoms with Crippen molar-refractivity contribution in [1.29, 1.82) is 0 Å². The number of piperidine rings is 1. The number of halogens is 2. The molecule has 2 amide bonds. The second-order valence-corrected chi connectivity index (χ2v) is 7.41. The van der Waals surface area contributed by atoms with E-state index in [4.69, 9.17) is 11.6 Å². The summed E-state index contributed by atoms with van der Waals surface area (Å²) in [5.41, 5.74) is 1.52. The van der Waals surface area contributed by atoms with Gasteiger partial charge in [0.1, 0.15) is 5.82 Å². The van der Waals surface area contributed by atoms with Crippen molar-refractivity contribution in [2.45, 2.75) is 19.4 Å². The van der Waals surface area contributed by atoms with Gasteiger partial charge in [0.15, 0.2) is 0 Å². The summed E-state index contributed by atoms with van der Waals surface area (Å²) < 4.78 is 13.4. The number of carbonyl (C=O) groups excluding carboxylic acids is 2. The zero-order valence-electron chi connectivity index (χ0n) is 15.5. The average molecular weight is 404 g/mol. The summed E-state index contributed by atoms with van der Waals surface area (Å²) in [7, 11) is 0. The van der Waals surface area contributed by atoms with Crippen molar-refractivity contribution in [1.82, 2.24) is 10.2 Å². The van der Waals surface area contributed by atoms with Crippen LogP contribution in [0.25, 0.3) is 0 Å². The van der Waals surface area contributed by atoms with E-state index in [0.717, 1.165) is 24.9 Å². The molecule has 1 atom stereocenters. The molecule has 0 bridgehead atoms. The predicted octanol–water partition coefficient (Wildman–Crippen LogP) is 3.45. The van der Waals surface area contributed by atoms with Crippen LogP contribution in [0.2, 0.25) is 5.02 Å². The summed E-state index contributed by atoms with van der Waals surface area (Å²) in [6.45, 7) is 2.00. The maximum absolute atomic E-state index is 13.4. The van der Waals surface area contributed by atoms with E-state index in [1.165, 1.54) is 12.1 Å². The second kappa shape index (κ2) is 9.66. The topological polar surface area (TPSA) is 61.4 Å². The van der Waals surface area contributed by atoms with Crippen LogP contribution in [0.5, 0.6) is 0 Å². The van der Waals surface area contributed by atoms with Crippen LogP contribution in [0.3, 0.4) is 0 Å². The minimum atomic E-state index is -0.289. The number of amides is 2. The van der Waals surface area contributed by atoms with Crippen molar-refractivity contribution >= 4 is 29.1 Å². The molecule has 0 saturated carbocycles. The fourth-order valence-corrected chi connectivity index (χ4v) is 3.48. The Labute approximate surface area is 168 Å². The quantitative estimate of drug-likeness (QED) is 0.776. The largest absolute Gasteiger partial charge is 0.347 e. The molecule has 28 heavy (non-hydrogen) atoms. The maximum atomic E-state index is 13.4. The van der Waals surface area contributed by atoms with Gasteiger partial charge in [0.2, 0.25) is 11.8 Å². The molecule has 2 aromatic carbocycles. The number of nitrogens with zero attached hydrogens (tertiary/aromatic N) is 1. The van der Waals surface area contributed by atoms with Crippen LogP contribution >= 0.6 is 11.6 Å². The van der Waals surface area contributed by atoms with Gasteiger partial charge in [0, 0.05) is 23.8 Å². The van der Waals surface area contributed by atoms with Crippen molar-refractivity contribution in [3.8, 4) is 0 Å². The van der Waals surface area contributed by atoms with Crippen molar-refractivity contribution in [3.63, 3.8) is 0 Å². The summed E-state index contributed by atoms with van der Waals surface area (Å²) in [6.07, 6.45) is 1.68. The molecule has 3 rings (SSSR count). The zero-order valence-corrected chi connectivity index (χ0v) is 16.2. The average Bonchev–Trinajstić information content (AvgIpc) is 2.68. The van der Waals surface area contributed by atoms with Crippen molar-refractivity contribution in [3.05, 3.63) is 64.9 Å². The molecule has 0 radical (unpaired) electrons. The van der Waals surface area contributed by atoms with Crippen LogP contribution in [-0.2, 0) is 16.1 Å². The summed E-state index contributed by atoms with van der Waals surface area (Å²) >= 11 is 5.82.